The zero-order valence-electron chi connectivity index (χ0n) is 41.6. The fourth-order valence-corrected chi connectivity index (χ4v) is 14.3. The summed E-state index contributed by atoms with van der Waals surface area (Å²) in [6.07, 6.45) is 16.3. The first kappa shape index (κ1) is 53.2. The Morgan fingerprint density at radius 3 is 0.962 bits per heavy atom. The van der Waals surface area contributed by atoms with E-state index in [0.717, 1.165) is 83.7 Å². The Balaban J connectivity index is 1.21. The van der Waals surface area contributed by atoms with Gasteiger partial charge in [-0.25, -0.2) is 53.9 Å². The Kier molecular flexibility index (Phi) is 15.1. The first-order valence-corrected chi connectivity index (χ1v) is 28.6. The molecule has 0 aliphatic carbocycles. The number of nitrogens with one attached hydrogen (secondary N) is 2. The molecule has 0 spiro atoms. The van der Waals surface area contributed by atoms with E-state index in [0.29, 0.717) is 20.9 Å². The molecule has 9 aromatic rings. The van der Waals surface area contributed by atoms with Crippen LogP contribution in [0, 0.1) is 58.2 Å². The van der Waals surface area contributed by atoms with Gasteiger partial charge < -0.3 is 9.97 Å². The lowest BCUT2D eigenvalue weighted by Gasteiger charge is -2.10. The molecule has 2 aromatic carbocycles. The highest BCUT2D eigenvalue weighted by molar-refractivity contribution is 7.24. The van der Waals surface area contributed by atoms with Crippen molar-refractivity contribution in [2.75, 3.05) is 0 Å². The van der Waals surface area contributed by atoms with Gasteiger partial charge in [0, 0.05) is 83.3 Å². The van der Waals surface area contributed by atoms with Gasteiger partial charge in [-0.05, 0) is 123 Å². The number of thiophene rings is 4. The molecule has 9 heterocycles. The fraction of sp³-hybridized carbons (Fsp3) is 0.200. The number of aromatic nitrogens is 4. The number of aromatic amines is 2. The first-order chi connectivity index (χ1) is 37.7. The summed E-state index contributed by atoms with van der Waals surface area (Å²) >= 11 is 5.95. The summed E-state index contributed by atoms with van der Waals surface area (Å²) in [5.41, 5.74) is -2.77. The lowest BCUT2D eigenvalue weighted by atomic mass is 10.0. The number of aryl methyl sites for hydroxylation is 2. The monoisotopic (exact) mass is 1140 g/mol. The van der Waals surface area contributed by atoms with Gasteiger partial charge >= 0.3 is 0 Å². The van der Waals surface area contributed by atoms with E-state index in [4.69, 9.17) is 9.97 Å². The van der Waals surface area contributed by atoms with E-state index >= 15 is 35.1 Å². The fourth-order valence-electron chi connectivity index (χ4n) is 9.85. The molecule has 2 aliphatic rings. The van der Waals surface area contributed by atoms with Gasteiger partial charge in [0.2, 0.25) is 11.6 Å². The number of unbranched alkanes of at least 4 members (excludes halogenated alkanes) is 6. The minimum Gasteiger partial charge on any atom is -0.354 e. The molecule has 7 aromatic heterocycles. The lowest BCUT2D eigenvalue weighted by molar-refractivity contribution is 0.381. The molecule has 0 saturated heterocycles. The highest BCUT2D eigenvalue weighted by atomic mass is 32.1. The average Bonchev–Trinajstić information content (AvgIpc) is 4.31. The van der Waals surface area contributed by atoms with Crippen LogP contribution in [0.3, 0.4) is 0 Å². The minimum atomic E-state index is -2.34. The Morgan fingerprint density at radius 1 is 0.308 bits per heavy atom. The first-order valence-electron chi connectivity index (χ1n) is 25.3. The Bertz CT molecular complexity index is 3740. The van der Waals surface area contributed by atoms with Crippen molar-refractivity contribution in [2.45, 2.75) is 78.1 Å². The highest BCUT2D eigenvalue weighted by Gasteiger charge is 2.32. The van der Waals surface area contributed by atoms with Crippen LogP contribution in [-0.4, -0.2) is 19.9 Å². The van der Waals surface area contributed by atoms with Gasteiger partial charge in [-0.2, -0.15) is 0 Å². The van der Waals surface area contributed by atoms with Crippen molar-refractivity contribution in [1.82, 2.24) is 19.9 Å². The summed E-state index contributed by atoms with van der Waals surface area (Å²) in [4.78, 5) is 23.1. The highest BCUT2D eigenvalue weighted by Crippen LogP contribution is 2.46. The van der Waals surface area contributed by atoms with E-state index < -0.39 is 80.4 Å². The van der Waals surface area contributed by atoms with Crippen LogP contribution in [0.2, 0.25) is 0 Å². The van der Waals surface area contributed by atoms with Crippen LogP contribution in [0.25, 0.3) is 109 Å². The smallest absolute Gasteiger partial charge is 0.200 e. The van der Waals surface area contributed by atoms with Crippen molar-refractivity contribution in [3.63, 3.8) is 0 Å². The number of nitrogens with zero attached hydrogens (tertiary/aromatic N) is 2. The molecule has 0 unspecified atom stereocenters. The molecule has 11 rings (SSSR count). The normalized spacial score (nSPS) is 12.3. The van der Waals surface area contributed by atoms with Crippen LogP contribution in [-0.2, 0) is 12.8 Å². The van der Waals surface area contributed by atoms with Gasteiger partial charge in [0.15, 0.2) is 46.5 Å². The van der Waals surface area contributed by atoms with Gasteiger partial charge in [0.05, 0.1) is 33.9 Å². The Labute approximate surface area is 457 Å². The largest absolute Gasteiger partial charge is 0.354 e. The van der Waals surface area contributed by atoms with Crippen molar-refractivity contribution in [1.29, 1.82) is 0 Å². The van der Waals surface area contributed by atoms with Gasteiger partial charge in [-0.1, -0.05) is 52.4 Å². The maximum atomic E-state index is 16.3. The average molecular weight is 1140 g/mol. The van der Waals surface area contributed by atoms with Crippen molar-refractivity contribution in [2.24, 2.45) is 0 Å². The number of hydrogen-bond acceptors (Lipinski definition) is 6. The molecule has 0 fully saturated rings. The van der Waals surface area contributed by atoms with E-state index in [2.05, 4.69) is 35.9 Å². The van der Waals surface area contributed by atoms with E-state index in [1.165, 1.54) is 81.0 Å². The summed E-state index contributed by atoms with van der Waals surface area (Å²) in [6.45, 7) is 4.29. The van der Waals surface area contributed by atoms with Crippen LogP contribution < -0.4 is 0 Å². The second-order valence-electron chi connectivity index (χ2n) is 18.9. The molecule has 398 valence electrons. The third kappa shape index (κ3) is 9.78. The molecule has 2 aliphatic heterocycles. The van der Waals surface area contributed by atoms with Gasteiger partial charge in [0.1, 0.15) is 0 Å². The number of H-pyrrole nitrogens is 2. The molecule has 4 nitrogen and oxygen atoms in total. The maximum Gasteiger partial charge on any atom is 0.200 e. The van der Waals surface area contributed by atoms with Crippen LogP contribution >= 0.6 is 45.3 Å². The van der Waals surface area contributed by atoms with E-state index in [9.17, 15) is 8.78 Å². The summed E-state index contributed by atoms with van der Waals surface area (Å²) in [6, 6.07) is 21.4. The number of fused-ring (bicyclic) bond motifs is 8. The standard InChI is InChI=1S/C60H44F10N4S4/c1-3-5-7-9-11-29-13-23-39(75-29)41-25-27-43(77-41)45-31-15-19-35(71-31)47(49-51(61)55(65)59(69)56(66)52(49)62)37-21-17-33(73-37)46(44-28-26-42(78-44)40-24-14-30(76-40)12-10-8-6-4-2)34-18-22-38(74-34)48(36-20-16-32(45)72-36)50-53(63)57(67)60(70)58(68)54(50)64/h13-28,71,74H,3-12H2,1-2H3. The maximum absolute atomic E-state index is 16.3. The van der Waals surface area contributed by atoms with Crippen molar-refractivity contribution >= 4 is 91.7 Å². The second-order valence-corrected chi connectivity index (χ2v) is 23.4. The van der Waals surface area contributed by atoms with Crippen LogP contribution in [0.5, 0.6) is 0 Å². The zero-order chi connectivity index (χ0) is 54.5. The molecule has 0 atom stereocenters. The third-order valence-electron chi connectivity index (χ3n) is 13.7. The molecular formula is C60H44F10N4S4. The van der Waals surface area contributed by atoms with Crippen molar-refractivity contribution in [3.8, 4) is 62.6 Å². The number of hydrogen-bond donors (Lipinski definition) is 2. The topological polar surface area (TPSA) is 57.4 Å². The molecular weight excluding hydrogens is 1090 g/mol. The van der Waals surface area contributed by atoms with E-state index in [1.807, 2.05) is 24.3 Å². The third-order valence-corrected chi connectivity index (χ3v) is 18.6. The second kappa shape index (κ2) is 22.1. The molecule has 18 heteroatoms. The quantitative estimate of drug-likeness (QED) is 0.0438. The predicted molar refractivity (Wildman–Crippen MR) is 298 cm³/mol. The molecule has 2 N–H and O–H groups in total. The predicted octanol–water partition coefficient (Wildman–Crippen LogP) is 20.5. The Morgan fingerprint density at radius 2 is 0.603 bits per heavy atom. The summed E-state index contributed by atoms with van der Waals surface area (Å²) < 4.78 is 156. The van der Waals surface area contributed by atoms with Gasteiger partial charge in [-0.15, -0.1) is 45.3 Å². The van der Waals surface area contributed by atoms with E-state index in [1.54, 1.807) is 34.8 Å². The van der Waals surface area contributed by atoms with Crippen molar-refractivity contribution in [3.05, 3.63) is 163 Å². The minimum absolute atomic E-state index is 0.115. The molecule has 78 heavy (non-hydrogen) atoms. The molecule has 0 radical (unpaired) electrons. The molecule has 8 bridgehead atoms. The molecule has 0 amide bonds. The number of halogens is 10. The van der Waals surface area contributed by atoms with E-state index in [-0.39, 0.29) is 44.8 Å². The summed E-state index contributed by atoms with van der Waals surface area (Å²) in [5, 5.41) is 0. The van der Waals surface area contributed by atoms with Gasteiger partial charge in [0.25, 0.3) is 0 Å². The van der Waals surface area contributed by atoms with Crippen LogP contribution in [0.1, 0.15) is 97.7 Å². The van der Waals surface area contributed by atoms with Crippen LogP contribution in [0.15, 0.2) is 72.8 Å². The lowest BCUT2D eigenvalue weighted by Crippen LogP contribution is -2.05. The van der Waals surface area contributed by atoms with Crippen LogP contribution in [0.4, 0.5) is 43.9 Å². The zero-order valence-corrected chi connectivity index (χ0v) is 44.9. The number of benzene rings is 2. The van der Waals surface area contributed by atoms with Gasteiger partial charge in [-0.3, -0.25) is 0 Å². The Hall–Kier alpha value is -6.86. The van der Waals surface area contributed by atoms with Crippen molar-refractivity contribution < 1.29 is 43.9 Å². The number of rotatable bonds is 16. The summed E-state index contributed by atoms with van der Waals surface area (Å²) in [7, 11) is 0. The SMILES string of the molecule is CCCCCCc1ccc(-c2ccc(-c3c4nc(c(-c5c(F)c(F)c(F)c(F)c5F)c5ccc([nH]5)c(-c5ccc(-c6ccc(CCCCCC)s6)s5)c5nc(c(-c6c(F)c(F)c(F)c(F)c6F)c6ccc3[nH]6)C=C5)C=C4)s2)s1. The molecule has 0 saturated carbocycles. The summed E-state index contributed by atoms with van der Waals surface area (Å²) in [5.74, 6) is -21.7.